The largest absolute Gasteiger partial charge is 0.522 e. The molecule has 4 rings (SSSR count). The van der Waals surface area contributed by atoms with Crippen molar-refractivity contribution in [3.8, 4) is 11.5 Å². The Morgan fingerprint density at radius 1 is 1.29 bits per heavy atom. The number of hydrogen-bond acceptors (Lipinski definition) is 7. The normalized spacial score (nSPS) is 22.4. The van der Waals surface area contributed by atoms with Crippen LogP contribution in [0.15, 0.2) is 36.5 Å². The number of benzene rings is 1. The van der Waals surface area contributed by atoms with Gasteiger partial charge in [-0.2, -0.15) is 0 Å². The van der Waals surface area contributed by atoms with E-state index < -0.39 is 24.7 Å². The predicted octanol–water partition coefficient (Wildman–Crippen LogP) is 3.77. The van der Waals surface area contributed by atoms with Crippen LogP contribution in [0, 0.1) is 0 Å². The van der Waals surface area contributed by atoms with Gasteiger partial charge in [0.25, 0.3) is 5.91 Å². The molecule has 34 heavy (non-hydrogen) atoms. The summed E-state index contributed by atoms with van der Waals surface area (Å²) in [4.78, 5) is 19.2. The van der Waals surface area contributed by atoms with Gasteiger partial charge in [0.1, 0.15) is 36.6 Å². The number of ether oxygens (including phenoxy) is 5. The summed E-state index contributed by atoms with van der Waals surface area (Å²) < 4.78 is 62.1. The van der Waals surface area contributed by atoms with Gasteiger partial charge in [0.2, 0.25) is 0 Å². The van der Waals surface area contributed by atoms with Crippen molar-refractivity contribution in [2.24, 2.45) is 0 Å². The second-order valence-electron chi connectivity index (χ2n) is 7.68. The van der Waals surface area contributed by atoms with Gasteiger partial charge in [0, 0.05) is 30.8 Å². The average molecular weight is 503 g/mol. The van der Waals surface area contributed by atoms with Crippen LogP contribution < -0.4 is 9.47 Å². The number of alkyl halides is 3. The number of amides is 1. The fourth-order valence-electron chi connectivity index (χ4n) is 4.04. The molecule has 2 atom stereocenters. The van der Waals surface area contributed by atoms with Gasteiger partial charge in [0.05, 0.1) is 31.0 Å². The summed E-state index contributed by atoms with van der Waals surface area (Å²) in [6, 6.07) is 7.90. The second-order valence-corrected chi connectivity index (χ2v) is 8.08. The minimum atomic E-state index is -4.73. The molecule has 1 aromatic heterocycles. The molecule has 0 aliphatic carbocycles. The maximum absolute atomic E-state index is 13.1. The zero-order valence-electron chi connectivity index (χ0n) is 18.1. The van der Waals surface area contributed by atoms with E-state index in [1.807, 2.05) is 0 Å². The molecule has 2 aliphatic rings. The highest BCUT2D eigenvalue weighted by molar-refractivity contribution is 6.32. The summed E-state index contributed by atoms with van der Waals surface area (Å²) in [5.74, 6) is 0.531. The molecule has 2 saturated heterocycles. The molecule has 0 spiro atoms. The van der Waals surface area contributed by atoms with Crippen LogP contribution >= 0.6 is 11.6 Å². The van der Waals surface area contributed by atoms with Crippen LogP contribution in [0.1, 0.15) is 22.5 Å². The van der Waals surface area contributed by atoms with Gasteiger partial charge in [-0.25, -0.2) is 0 Å². The highest BCUT2D eigenvalue weighted by Crippen LogP contribution is 2.42. The van der Waals surface area contributed by atoms with Crippen LogP contribution in [0.2, 0.25) is 5.02 Å². The van der Waals surface area contributed by atoms with E-state index in [1.54, 1.807) is 30.3 Å². The van der Waals surface area contributed by atoms with Crippen molar-refractivity contribution in [2.45, 2.75) is 24.5 Å². The highest BCUT2D eigenvalue weighted by Gasteiger charge is 2.52. The Morgan fingerprint density at radius 3 is 2.85 bits per heavy atom. The summed E-state index contributed by atoms with van der Waals surface area (Å²) in [7, 11) is 1.57. The van der Waals surface area contributed by atoms with E-state index in [1.165, 1.54) is 18.2 Å². The zero-order valence-corrected chi connectivity index (χ0v) is 18.9. The number of hydrogen-bond donors (Lipinski definition) is 0. The van der Waals surface area contributed by atoms with Crippen LogP contribution in [0.3, 0.4) is 0 Å². The van der Waals surface area contributed by atoms with Crippen molar-refractivity contribution in [1.29, 1.82) is 0 Å². The van der Waals surface area contributed by atoms with E-state index >= 15 is 0 Å². The van der Waals surface area contributed by atoms with E-state index in [2.05, 4.69) is 9.72 Å². The molecule has 0 N–H and O–H groups in total. The van der Waals surface area contributed by atoms with Crippen molar-refractivity contribution in [2.75, 3.05) is 40.2 Å². The van der Waals surface area contributed by atoms with Crippen molar-refractivity contribution >= 4 is 17.5 Å². The lowest BCUT2D eigenvalue weighted by Crippen LogP contribution is -2.53. The maximum atomic E-state index is 13.1. The van der Waals surface area contributed by atoms with Gasteiger partial charge in [-0.1, -0.05) is 11.6 Å². The molecule has 0 bridgehead atoms. The molecule has 2 aromatic rings. The molecule has 2 aliphatic heterocycles. The zero-order chi connectivity index (χ0) is 24.3. The van der Waals surface area contributed by atoms with Crippen LogP contribution in [0.5, 0.6) is 11.5 Å². The molecule has 0 saturated carbocycles. The third-order valence-corrected chi connectivity index (χ3v) is 6.01. The van der Waals surface area contributed by atoms with Crippen molar-refractivity contribution < 1.29 is 41.7 Å². The standard InChI is InChI=1S/C22H22ClF3N2O6/c1-30-15-4-6-27-18(11-15)21-5-7-28(12-19(21)32-13-34-21)20(29)14-2-3-17(16(23)10-14)31-8-9-33-22(24,25)26/h2-4,6,10-11,19H,5,7-9,12-13H2,1H3/t19?,21-/m1/s1. The summed E-state index contributed by atoms with van der Waals surface area (Å²) in [6.45, 7) is -0.272. The minimum absolute atomic E-state index is 0.0848. The number of carbonyl (C=O) groups excluding carboxylic acids is 1. The lowest BCUT2D eigenvalue weighted by atomic mass is 9.84. The number of likely N-dealkylation sites (tertiary alicyclic amines) is 1. The van der Waals surface area contributed by atoms with Gasteiger partial charge in [-0.05, 0) is 24.3 Å². The molecular weight excluding hydrogens is 481 g/mol. The van der Waals surface area contributed by atoms with Gasteiger partial charge in [0.15, 0.2) is 0 Å². The topological polar surface area (TPSA) is 79.4 Å². The Kier molecular flexibility index (Phi) is 7.17. The number of pyridine rings is 1. The van der Waals surface area contributed by atoms with Gasteiger partial charge in [-0.3, -0.25) is 14.5 Å². The molecule has 1 amide bonds. The Bertz CT molecular complexity index is 1040. The van der Waals surface area contributed by atoms with Gasteiger partial charge in [-0.15, -0.1) is 13.2 Å². The first kappa shape index (κ1) is 24.5. The number of rotatable bonds is 7. The number of fused-ring (bicyclic) bond motifs is 1. The molecule has 1 aromatic carbocycles. The number of piperidine rings is 1. The smallest absolute Gasteiger partial charge is 0.497 e. The van der Waals surface area contributed by atoms with Crippen LogP contribution in [0.25, 0.3) is 0 Å². The van der Waals surface area contributed by atoms with Gasteiger partial charge >= 0.3 is 6.36 Å². The van der Waals surface area contributed by atoms with Crippen LogP contribution in [-0.4, -0.2) is 68.5 Å². The molecule has 3 heterocycles. The molecular formula is C22H22ClF3N2O6. The molecule has 12 heteroatoms. The number of carbonyl (C=O) groups is 1. The molecule has 184 valence electrons. The summed E-state index contributed by atoms with van der Waals surface area (Å²) in [5.41, 5.74) is 0.217. The predicted molar refractivity (Wildman–Crippen MR) is 113 cm³/mol. The fraction of sp³-hybridized carbons (Fsp3) is 0.455. The number of nitrogens with zero attached hydrogens (tertiary/aromatic N) is 2. The number of halogens is 4. The SMILES string of the molecule is COc1ccnc([C@]23CCN(C(=O)c4ccc(OCCOC(F)(F)F)c(Cl)c4)CC2OCO3)c1. The van der Waals surface area contributed by atoms with E-state index in [0.29, 0.717) is 30.0 Å². The average Bonchev–Trinajstić information content (AvgIpc) is 3.26. The molecule has 1 unspecified atom stereocenters. The molecule has 2 fully saturated rings. The van der Waals surface area contributed by atoms with E-state index in [-0.39, 0.29) is 36.6 Å². The summed E-state index contributed by atoms with van der Waals surface area (Å²) in [6.07, 6.45) is -3.04. The first-order valence-corrected chi connectivity index (χ1v) is 10.8. The van der Waals surface area contributed by atoms with Crippen molar-refractivity contribution in [1.82, 2.24) is 9.88 Å². The maximum Gasteiger partial charge on any atom is 0.522 e. The Labute approximate surface area is 198 Å². The Morgan fingerprint density at radius 2 is 2.12 bits per heavy atom. The van der Waals surface area contributed by atoms with Gasteiger partial charge < -0.3 is 23.8 Å². The van der Waals surface area contributed by atoms with Crippen molar-refractivity contribution in [3.05, 3.63) is 52.8 Å². The summed E-state index contributed by atoms with van der Waals surface area (Å²) >= 11 is 6.18. The number of aromatic nitrogens is 1. The summed E-state index contributed by atoms with van der Waals surface area (Å²) in [5, 5.41) is 0.102. The second kappa shape index (κ2) is 9.95. The third-order valence-electron chi connectivity index (χ3n) is 5.72. The lowest BCUT2D eigenvalue weighted by molar-refractivity contribution is -0.325. The van der Waals surface area contributed by atoms with Crippen molar-refractivity contribution in [3.63, 3.8) is 0 Å². The third kappa shape index (κ3) is 5.22. The van der Waals surface area contributed by atoms with E-state index in [9.17, 15) is 18.0 Å². The molecule has 0 radical (unpaired) electrons. The van der Waals surface area contributed by atoms with E-state index in [0.717, 1.165) is 0 Å². The lowest BCUT2D eigenvalue weighted by Gasteiger charge is -2.41. The first-order valence-electron chi connectivity index (χ1n) is 10.4. The number of methoxy groups -OCH3 is 1. The molecule has 8 nitrogen and oxygen atoms in total. The Balaban J connectivity index is 1.41. The Hall–Kier alpha value is -2.60. The monoisotopic (exact) mass is 502 g/mol. The minimum Gasteiger partial charge on any atom is -0.497 e. The first-order chi connectivity index (χ1) is 16.2. The van der Waals surface area contributed by atoms with Crippen LogP contribution in [-0.2, 0) is 19.8 Å². The highest BCUT2D eigenvalue weighted by atomic mass is 35.5. The fourth-order valence-corrected chi connectivity index (χ4v) is 4.27. The van der Waals surface area contributed by atoms with E-state index in [4.69, 9.17) is 30.5 Å². The van der Waals surface area contributed by atoms with Crippen LogP contribution in [0.4, 0.5) is 13.2 Å². The quantitative estimate of drug-likeness (QED) is 0.533.